The molecule has 0 spiro atoms. The summed E-state index contributed by atoms with van der Waals surface area (Å²) < 4.78 is 61.7. The molecule has 5 aromatic rings. The van der Waals surface area contributed by atoms with E-state index in [1.54, 1.807) is 0 Å². The van der Waals surface area contributed by atoms with Crippen molar-refractivity contribution in [2.24, 2.45) is 1.36 Å². The van der Waals surface area contributed by atoms with E-state index in [1.807, 2.05) is 36.4 Å². The fourth-order valence-electron chi connectivity index (χ4n) is 6.33. The third-order valence-corrected chi connectivity index (χ3v) is 15.5. The van der Waals surface area contributed by atoms with Crippen molar-refractivity contribution in [1.82, 2.24) is 4.57 Å². The number of fused-ring (bicyclic) bond motifs is 7. The molecule has 0 amide bonds. The molecule has 2 nitrogen and oxygen atoms in total. The number of aromatic nitrogens is 1. The molecule has 0 aliphatic carbocycles. The van der Waals surface area contributed by atoms with Crippen LogP contribution in [0.5, 0.6) is 0 Å². The average Bonchev–Trinajstić information content (AvgIpc) is 3.18. The van der Waals surface area contributed by atoms with Crippen LogP contribution in [0, 0.1) is 3.57 Å². The molecule has 0 bridgehead atoms. The molecule has 0 radical (unpaired) electrons. The first-order valence-electron chi connectivity index (χ1n) is 11.4. The Morgan fingerprint density at radius 3 is 2.36 bits per heavy atom. The molecule has 9 heteroatoms. The molecular formula is C27H19BF4I2N2. The molecule has 0 fully saturated rings. The second-order valence-electron chi connectivity index (χ2n) is 9.78. The Morgan fingerprint density at radius 1 is 0.833 bits per heavy atom. The molecule has 0 saturated carbocycles. The number of rotatable bonds is 2. The Morgan fingerprint density at radius 2 is 1.56 bits per heavy atom. The third kappa shape index (κ3) is 2.95. The Kier molecular flexibility index (Phi) is 4.85. The van der Waals surface area contributed by atoms with Gasteiger partial charge >= 0.3 is 221 Å². The molecule has 4 aromatic carbocycles. The van der Waals surface area contributed by atoms with Crippen LogP contribution >= 0.6 is 40.6 Å². The van der Waals surface area contributed by atoms with Crippen molar-refractivity contribution in [1.29, 1.82) is 0 Å². The van der Waals surface area contributed by atoms with Crippen LogP contribution in [0.1, 0.15) is 25.0 Å². The molecule has 2 aliphatic rings. The summed E-state index contributed by atoms with van der Waals surface area (Å²) in [6.45, 7) is 4.13. The van der Waals surface area contributed by atoms with Gasteiger partial charge in [-0.3, -0.25) is 0 Å². The summed E-state index contributed by atoms with van der Waals surface area (Å²) in [4.78, 5) is 0. The number of benzene rings is 4. The topological polar surface area (TPSA) is 17.3 Å². The van der Waals surface area contributed by atoms with Gasteiger partial charge in [-0.2, -0.15) is 0 Å². The summed E-state index contributed by atoms with van der Waals surface area (Å²) >= 11 is -11.1. The van der Waals surface area contributed by atoms with Gasteiger partial charge in [-0.05, 0) is 0 Å². The Bertz CT molecular complexity index is 1810. The molecule has 1 aromatic heterocycles. The van der Waals surface area contributed by atoms with Crippen molar-refractivity contribution in [2.75, 3.05) is 0 Å². The van der Waals surface area contributed by atoms with Gasteiger partial charge < -0.3 is 0 Å². The number of halogens is 6. The van der Waals surface area contributed by atoms with Gasteiger partial charge in [0.2, 0.25) is 0 Å². The van der Waals surface area contributed by atoms with Gasteiger partial charge in [-0.25, -0.2) is 0 Å². The first-order chi connectivity index (χ1) is 17.2. The Balaban J connectivity index is 1.72. The van der Waals surface area contributed by atoms with E-state index in [2.05, 4.69) is 50.1 Å². The fourth-order valence-corrected chi connectivity index (χ4v) is 12.0. The minimum absolute atomic E-state index is 0.262. The normalized spacial score (nSPS) is 16.1. The molecule has 0 N–H and O–H groups in total. The van der Waals surface area contributed by atoms with Gasteiger partial charge in [0.25, 0.3) is 0 Å². The van der Waals surface area contributed by atoms with E-state index in [1.165, 1.54) is 12.1 Å². The van der Waals surface area contributed by atoms with E-state index < -0.39 is 40.6 Å². The SMILES string of the molecule is CC1(C)c2ccccc2B2c3c(cccc31)-n1c3ccccc3c3cc(I(F)(F)=NI(F)F)cc2c31. The van der Waals surface area contributed by atoms with Crippen molar-refractivity contribution in [3.8, 4) is 5.69 Å². The van der Waals surface area contributed by atoms with Crippen molar-refractivity contribution in [3.05, 3.63) is 93.6 Å². The number of hydrogen-bond acceptors (Lipinski definition) is 1. The van der Waals surface area contributed by atoms with Gasteiger partial charge in [0.15, 0.2) is 0 Å². The monoisotopic (exact) mass is 712 g/mol. The van der Waals surface area contributed by atoms with Crippen molar-refractivity contribution in [3.63, 3.8) is 0 Å². The molecular weight excluding hydrogens is 693 g/mol. The number of para-hydroxylation sites is 1. The molecule has 7 rings (SSSR count). The Hall–Kier alpha value is -2.28. The third-order valence-electron chi connectivity index (χ3n) is 7.70. The van der Waals surface area contributed by atoms with Gasteiger partial charge in [0.05, 0.1) is 0 Å². The van der Waals surface area contributed by atoms with Crippen LogP contribution in [-0.4, -0.2) is 11.3 Å². The van der Waals surface area contributed by atoms with Crippen LogP contribution in [0.15, 0.2) is 80.2 Å². The minimum atomic E-state index is -6.19. The van der Waals surface area contributed by atoms with E-state index in [0.717, 1.165) is 49.6 Å². The summed E-state index contributed by atoms with van der Waals surface area (Å²) in [6, 6.07) is 25.2. The van der Waals surface area contributed by atoms with Crippen molar-refractivity contribution < 1.29 is 11.4 Å². The van der Waals surface area contributed by atoms with E-state index in [9.17, 15) is 5.72 Å². The quantitative estimate of drug-likeness (QED) is 0.100. The molecule has 3 heterocycles. The summed E-state index contributed by atoms with van der Waals surface area (Å²) in [5.74, 6) is 0. The summed E-state index contributed by atoms with van der Waals surface area (Å²) in [6.07, 6.45) is 0. The van der Waals surface area contributed by atoms with Gasteiger partial charge in [-0.1, -0.05) is 0 Å². The van der Waals surface area contributed by atoms with E-state index in [0.29, 0.717) is 5.39 Å². The fraction of sp³-hybridized carbons (Fsp3) is 0.111. The average molecular weight is 712 g/mol. The predicted octanol–water partition coefficient (Wildman–Crippen LogP) is 7.61. The van der Waals surface area contributed by atoms with Crippen LogP contribution in [0.2, 0.25) is 0 Å². The van der Waals surface area contributed by atoms with Crippen LogP contribution in [0.25, 0.3) is 27.5 Å². The zero-order valence-corrected chi connectivity index (χ0v) is 23.6. The zero-order valence-electron chi connectivity index (χ0n) is 19.2. The van der Waals surface area contributed by atoms with Gasteiger partial charge in [0, 0.05) is 0 Å². The van der Waals surface area contributed by atoms with Crippen LogP contribution in [0.4, 0.5) is 11.4 Å². The molecule has 0 atom stereocenters. The van der Waals surface area contributed by atoms with Crippen LogP contribution in [0.3, 0.4) is 0 Å². The van der Waals surface area contributed by atoms with E-state index in [4.69, 9.17) is 0 Å². The maximum atomic E-state index is 15.3. The zero-order chi connectivity index (χ0) is 25.0. The molecule has 2 aliphatic heterocycles. The Labute approximate surface area is 220 Å². The number of nitrogens with zero attached hydrogens (tertiary/aromatic N) is 2. The molecule has 182 valence electrons. The van der Waals surface area contributed by atoms with Gasteiger partial charge in [0.1, 0.15) is 0 Å². The standard InChI is InChI=1S/C27H19BF4I2N2/c1-27(2)19-9-4-5-11-21(19)28-22-15-16(34(31,32)35-33(29)30)14-18-17-8-3-6-12-23(17)36(26(18)22)24-13-7-10-20(27)25(24)28/h3-15H,1-2H3. The maximum absolute atomic E-state index is 15.3. The molecule has 0 unspecified atom stereocenters. The first kappa shape index (κ1) is 22.9. The second-order valence-corrected chi connectivity index (χ2v) is 17.2. The van der Waals surface area contributed by atoms with E-state index in [-0.39, 0.29) is 15.7 Å². The first-order valence-corrected chi connectivity index (χ1v) is 17.7. The summed E-state index contributed by atoms with van der Waals surface area (Å²) in [7, 11) is 0. The van der Waals surface area contributed by atoms with Crippen molar-refractivity contribution in [2.45, 2.75) is 19.3 Å². The summed E-state index contributed by atoms with van der Waals surface area (Å²) in [5.41, 5.74) is 7.79. The summed E-state index contributed by atoms with van der Waals surface area (Å²) in [5, 5.41) is 1.51. The second kappa shape index (κ2) is 7.62. The molecule has 36 heavy (non-hydrogen) atoms. The predicted molar refractivity (Wildman–Crippen MR) is 158 cm³/mol. The molecule has 0 saturated heterocycles. The van der Waals surface area contributed by atoms with Crippen molar-refractivity contribution >= 4 is 85.6 Å². The number of hydrogen-bond donors (Lipinski definition) is 0. The van der Waals surface area contributed by atoms with Gasteiger partial charge in [-0.15, -0.1) is 0 Å². The van der Waals surface area contributed by atoms with Crippen LogP contribution < -0.4 is 16.4 Å². The van der Waals surface area contributed by atoms with Crippen LogP contribution in [-0.2, 0) is 5.41 Å². The van der Waals surface area contributed by atoms with E-state index >= 15 is 5.72 Å².